The molecule has 0 radical (unpaired) electrons. The first kappa shape index (κ1) is 22.4. The Labute approximate surface area is 123 Å². The molecule has 0 unspecified atom stereocenters. The molecule has 0 fully saturated rings. The molecule has 0 saturated carbocycles. The monoisotopic (exact) mass is 305 g/mol. The van der Waals surface area contributed by atoms with Gasteiger partial charge in [0.15, 0.2) is 0 Å². The van der Waals surface area contributed by atoms with Gasteiger partial charge in [0.05, 0.1) is 0 Å². The maximum absolute atomic E-state index is 5.75. The Morgan fingerprint density at radius 1 is 0.938 bits per heavy atom. The molecular formula is C11H25Cl2NOTi. The van der Waals surface area contributed by atoms with Gasteiger partial charge >= 0.3 is 99.1 Å². The van der Waals surface area contributed by atoms with Crippen molar-refractivity contribution in [2.75, 3.05) is 6.61 Å². The first-order chi connectivity index (χ1) is 6.19. The van der Waals surface area contributed by atoms with E-state index in [2.05, 4.69) is 51.8 Å². The SMILES string of the molecule is CCC[O][Ti+2][N](C(C)(C)C)C(C)(C)C.[Cl-].[Cl-]. The normalized spacial score (nSPS) is 11.5. The molecule has 0 spiro atoms. The Hall–Kier alpha value is 1.21. The third-order valence-electron chi connectivity index (χ3n) is 1.80. The second-order valence-electron chi connectivity index (χ2n) is 5.62. The molecule has 0 aromatic carbocycles. The number of nitrogens with zero attached hydrogens (tertiary/aromatic N) is 1. The molecule has 5 heteroatoms. The average Bonchev–Trinajstić information content (AvgIpc) is 1.92. The third kappa shape index (κ3) is 9.27. The largest absolute Gasteiger partial charge is 1.00 e. The fraction of sp³-hybridized carbons (Fsp3) is 1.00. The van der Waals surface area contributed by atoms with Gasteiger partial charge in [-0.3, -0.25) is 0 Å². The van der Waals surface area contributed by atoms with Crippen molar-refractivity contribution in [3.05, 3.63) is 0 Å². The number of rotatable bonds is 4. The van der Waals surface area contributed by atoms with E-state index in [0.29, 0.717) is 0 Å². The van der Waals surface area contributed by atoms with Gasteiger partial charge in [-0.25, -0.2) is 0 Å². The van der Waals surface area contributed by atoms with Crippen LogP contribution in [0.4, 0.5) is 0 Å². The van der Waals surface area contributed by atoms with Gasteiger partial charge in [-0.15, -0.1) is 0 Å². The van der Waals surface area contributed by atoms with Gasteiger partial charge in [0, 0.05) is 0 Å². The zero-order chi connectivity index (χ0) is 11.4. The molecule has 0 aromatic heterocycles. The maximum atomic E-state index is 5.75. The van der Waals surface area contributed by atoms with Crippen LogP contribution in [0.1, 0.15) is 54.9 Å². The molecule has 16 heavy (non-hydrogen) atoms. The van der Waals surface area contributed by atoms with Crippen molar-refractivity contribution in [2.45, 2.75) is 66.0 Å². The van der Waals surface area contributed by atoms with Gasteiger partial charge in [0.25, 0.3) is 0 Å². The standard InChI is InChI=1S/C8H18N.C3H7O.2ClH.Ti/c1-7(2,3)9-8(4,5)6;1-2-3-4;;;/h1-6H3;2-3H2,1H3;2*1H;/q2*-1;;;+4/p-2. The van der Waals surface area contributed by atoms with E-state index in [9.17, 15) is 0 Å². The van der Waals surface area contributed by atoms with Crippen LogP contribution in [-0.2, 0) is 23.1 Å². The molecule has 0 aliphatic heterocycles. The summed E-state index contributed by atoms with van der Waals surface area (Å²) in [6.45, 7) is 16.6. The molecule has 98 valence electrons. The molecule has 0 rings (SSSR count). The summed E-state index contributed by atoms with van der Waals surface area (Å²) < 4.78 is 8.26. The molecule has 0 N–H and O–H groups in total. The Bertz CT molecular complexity index is 152. The van der Waals surface area contributed by atoms with Crippen molar-refractivity contribution in [1.29, 1.82) is 0 Å². The van der Waals surface area contributed by atoms with E-state index in [4.69, 9.17) is 3.32 Å². The van der Waals surface area contributed by atoms with Crippen molar-refractivity contribution < 1.29 is 47.9 Å². The molecule has 0 aliphatic rings. The predicted molar refractivity (Wildman–Crippen MR) is 57.6 cm³/mol. The number of halogens is 2. The van der Waals surface area contributed by atoms with E-state index in [-0.39, 0.29) is 35.9 Å². The van der Waals surface area contributed by atoms with Crippen molar-refractivity contribution in [3.8, 4) is 0 Å². The van der Waals surface area contributed by atoms with Crippen LogP contribution in [0.3, 0.4) is 0 Å². The van der Waals surface area contributed by atoms with E-state index in [0.717, 1.165) is 13.0 Å². The Morgan fingerprint density at radius 3 is 1.56 bits per heavy atom. The first-order valence-electron chi connectivity index (χ1n) is 5.37. The van der Waals surface area contributed by atoms with Gasteiger partial charge in [-0.1, -0.05) is 0 Å². The summed E-state index contributed by atoms with van der Waals surface area (Å²) in [5.41, 5.74) is 0.429. The molecule has 0 atom stereocenters. The van der Waals surface area contributed by atoms with E-state index >= 15 is 0 Å². The van der Waals surface area contributed by atoms with E-state index in [1.54, 1.807) is 0 Å². The van der Waals surface area contributed by atoms with Gasteiger partial charge in [0.1, 0.15) is 0 Å². The number of hydrogen-bond donors (Lipinski definition) is 0. The zero-order valence-corrected chi connectivity index (χ0v) is 14.6. The van der Waals surface area contributed by atoms with Gasteiger partial charge < -0.3 is 24.8 Å². The molecule has 0 heterocycles. The molecule has 0 aromatic rings. The molecule has 0 aliphatic carbocycles. The van der Waals surface area contributed by atoms with Crippen LogP contribution in [0.5, 0.6) is 0 Å². The number of hydrogen-bond acceptors (Lipinski definition) is 2. The van der Waals surface area contributed by atoms with E-state index < -0.39 is 19.8 Å². The minimum atomic E-state index is -0.432. The molecular weight excluding hydrogens is 281 g/mol. The summed E-state index contributed by atoms with van der Waals surface area (Å²) in [6.07, 6.45) is 1.12. The molecule has 0 saturated heterocycles. The average molecular weight is 306 g/mol. The summed E-state index contributed by atoms with van der Waals surface area (Å²) in [7, 11) is 0. The van der Waals surface area contributed by atoms with Gasteiger partial charge in [-0.2, -0.15) is 0 Å². The molecule has 0 amide bonds. The van der Waals surface area contributed by atoms with E-state index in [1.807, 2.05) is 0 Å². The third-order valence-corrected chi connectivity index (χ3v) is 4.70. The van der Waals surface area contributed by atoms with Crippen LogP contribution in [0.25, 0.3) is 0 Å². The summed E-state index contributed by atoms with van der Waals surface area (Å²) in [5, 5.41) is 0. The minimum absolute atomic E-state index is 0. The van der Waals surface area contributed by atoms with Crippen LogP contribution in [0, 0.1) is 0 Å². The van der Waals surface area contributed by atoms with Gasteiger partial charge in [-0.05, 0) is 0 Å². The van der Waals surface area contributed by atoms with Crippen molar-refractivity contribution in [3.63, 3.8) is 0 Å². The van der Waals surface area contributed by atoms with Crippen LogP contribution >= 0.6 is 0 Å². The van der Waals surface area contributed by atoms with Crippen molar-refractivity contribution >= 4 is 0 Å². The fourth-order valence-electron chi connectivity index (χ4n) is 1.49. The minimum Gasteiger partial charge on any atom is -1.00 e. The Morgan fingerprint density at radius 2 is 1.31 bits per heavy atom. The molecule has 2 nitrogen and oxygen atoms in total. The van der Waals surface area contributed by atoms with Crippen LogP contribution in [-0.4, -0.2) is 21.1 Å². The van der Waals surface area contributed by atoms with Crippen LogP contribution < -0.4 is 24.8 Å². The Kier molecular flexibility index (Phi) is 12.9. The smallest absolute Gasteiger partial charge is 1.00 e. The maximum Gasteiger partial charge on any atom is -1.00 e. The van der Waals surface area contributed by atoms with Crippen molar-refractivity contribution in [1.82, 2.24) is 3.38 Å². The summed E-state index contributed by atoms with van der Waals surface area (Å²) in [6, 6.07) is 0. The van der Waals surface area contributed by atoms with Gasteiger partial charge in [0.2, 0.25) is 0 Å². The van der Waals surface area contributed by atoms with E-state index in [1.165, 1.54) is 0 Å². The fourth-order valence-corrected chi connectivity index (χ4v) is 3.01. The van der Waals surface area contributed by atoms with Crippen molar-refractivity contribution in [2.24, 2.45) is 0 Å². The van der Waals surface area contributed by atoms with Crippen LogP contribution in [0.15, 0.2) is 0 Å². The quantitative estimate of drug-likeness (QED) is 0.412. The summed E-state index contributed by atoms with van der Waals surface area (Å²) in [5.74, 6) is 0. The zero-order valence-electron chi connectivity index (χ0n) is 11.5. The first-order valence-corrected chi connectivity index (χ1v) is 6.71. The summed E-state index contributed by atoms with van der Waals surface area (Å²) >= 11 is -0.432. The second-order valence-corrected chi connectivity index (χ2v) is 7.05. The predicted octanol–water partition coefficient (Wildman–Crippen LogP) is -2.77. The Balaban J connectivity index is -0.000000845. The molecule has 0 bridgehead atoms. The second kappa shape index (κ2) is 9.19. The topological polar surface area (TPSA) is 12.5 Å². The van der Waals surface area contributed by atoms with Crippen LogP contribution in [0.2, 0.25) is 0 Å². The summed E-state index contributed by atoms with van der Waals surface area (Å²) in [4.78, 5) is 0.